The van der Waals surface area contributed by atoms with Crippen LogP contribution in [0.1, 0.15) is 41.9 Å². The van der Waals surface area contributed by atoms with Gasteiger partial charge in [-0.25, -0.2) is 8.42 Å². The molecule has 2 aromatic carbocycles. The Balaban J connectivity index is 1.59. The zero-order valence-electron chi connectivity index (χ0n) is 16.3. The summed E-state index contributed by atoms with van der Waals surface area (Å²) in [6.45, 7) is 2.06. The zero-order valence-corrected chi connectivity index (χ0v) is 17.1. The number of aryl methyl sites for hydroxylation is 1. The van der Waals surface area contributed by atoms with Crippen molar-refractivity contribution in [2.75, 3.05) is 11.2 Å². The summed E-state index contributed by atoms with van der Waals surface area (Å²) in [5.74, 6) is 0.801. The third-order valence-corrected chi connectivity index (χ3v) is 8.08. The normalized spacial score (nSPS) is 28.8. The first-order chi connectivity index (χ1) is 13.3. The van der Waals surface area contributed by atoms with Crippen LogP contribution in [0.2, 0.25) is 0 Å². The van der Waals surface area contributed by atoms with Crippen LogP contribution in [-0.2, 0) is 21.1 Å². The molecule has 2 aliphatic carbocycles. The Bertz CT molecular complexity index is 1060. The molecule has 1 saturated heterocycles. The van der Waals surface area contributed by atoms with Crippen molar-refractivity contribution in [3.63, 3.8) is 0 Å². The first-order valence-corrected chi connectivity index (χ1v) is 12.0. The molecule has 1 aliphatic heterocycles. The molecule has 4 nitrogen and oxygen atoms in total. The molecule has 0 aromatic heterocycles. The summed E-state index contributed by atoms with van der Waals surface area (Å²) in [4.78, 5) is 15.9. The van der Waals surface area contributed by atoms with Gasteiger partial charge in [-0.15, -0.1) is 0 Å². The van der Waals surface area contributed by atoms with E-state index in [1.807, 2.05) is 17.0 Å². The smallest absolute Gasteiger partial charge is 0.231 e. The minimum Gasteiger partial charge on any atom is -0.309 e. The van der Waals surface area contributed by atoms with E-state index in [4.69, 9.17) is 0 Å². The fourth-order valence-corrected chi connectivity index (χ4v) is 6.39. The number of rotatable bonds is 2. The number of benzene rings is 2. The van der Waals surface area contributed by atoms with E-state index in [0.29, 0.717) is 4.90 Å². The highest BCUT2D eigenvalue weighted by atomic mass is 32.2. The van der Waals surface area contributed by atoms with Gasteiger partial charge in [0.05, 0.1) is 4.90 Å². The highest BCUT2D eigenvalue weighted by Crippen LogP contribution is 2.54. The third-order valence-electron chi connectivity index (χ3n) is 6.97. The summed E-state index contributed by atoms with van der Waals surface area (Å²) >= 11 is 0. The lowest BCUT2D eigenvalue weighted by Gasteiger charge is -2.41. The molecule has 0 spiro atoms. The van der Waals surface area contributed by atoms with Gasteiger partial charge in [-0.2, -0.15) is 0 Å². The third kappa shape index (κ3) is 2.63. The van der Waals surface area contributed by atoms with Crippen LogP contribution in [0.5, 0.6) is 0 Å². The summed E-state index contributed by atoms with van der Waals surface area (Å²) < 4.78 is 24.1. The van der Waals surface area contributed by atoms with Crippen molar-refractivity contribution < 1.29 is 13.2 Å². The van der Waals surface area contributed by atoms with E-state index in [9.17, 15) is 13.2 Å². The molecule has 2 fully saturated rings. The predicted octanol–water partition coefficient (Wildman–Crippen LogP) is 3.87. The van der Waals surface area contributed by atoms with Gasteiger partial charge in [-0.05, 0) is 73.4 Å². The second-order valence-corrected chi connectivity index (χ2v) is 10.7. The van der Waals surface area contributed by atoms with Crippen LogP contribution in [0.4, 0.5) is 5.69 Å². The van der Waals surface area contributed by atoms with Gasteiger partial charge in [-0.3, -0.25) is 4.79 Å². The van der Waals surface area contributed by atoms with Crippen molar-refractivity contribution in [2.45, 2.75) is 49.5 Å². The highest BCUT2D eigenvalue weighted by molar-refractivity contribution is 7.90. The predicted molar refractivity (Wildman–Crippen MR) is 109 cm³/mol. The molecule has 4 atom stereocenters. The number of nitrogens with zero attached hydrogens (tertiary/aromatic N) is 1. The van der Waals surface area contributed by atoms with Gasteiger partial charge >= 0.3 is 0 Å². The number of sulfone groups is 1. The van der Waals surface area contributed by atoms with Crippen LogP contribution in [-0.4, -0.2) is 26.6 Å². The van der Waals surface area contributed by atoms with Gasteiger partial charge in [0.1, 0.15) is 0 Å². The van der Waals surface area contributed by atoms with Crippen LogP contribution in [0.15, 0.2) is 47.4 Å². The Kier molecular flexibility index (Phi) is 3.96. The molecule has 0 radical (unpaired) electrons. The standard InChI is InChI=1S/C23H25NO3S/c1-14-6-9-16(10-7-14)24-21-5-3-4-18-19-13-17(28(2,26)27)11-8-15(19)12-20(22(18)21)23(24)25/h6-11,13,18,20-22H,3-5,12H2,1-2H3. The van der Waals surface area contributed by atoms with Gasteiger partial charge in [0, 0.05) is 23.9 Å². The lowest BCUT2D eigenvalue weighted by atomic mass is 9.63. The number of hydrogen-bond acceptors (Lipinski definition) is 3. The van der Waals surface area contributed by atoms with Crippen molar-refractivity contribution in [3.05, 3.63) is 59.2 Å². The van der Waals surface area contributed by atoms with E-state index >= 15 is 0 Å². The van der Waals surface area contributed by atoms with Gasteiger partial charge in [0.15, 0.2) is 9.84 Å². The monoisotopic (exact) mass is 395 g/mol. The molecule has 0 N–H and O–H groups in total. The first kappa shape index (κ1) is 17.9. The summed E-state index contributed by atoms with van der Waals surface area (Å²) in [5, 5.41) is 0. The number of carbonyl (C=O) groups is 1. The zero-order chi connectivity index (χ0) is 19.6. The average Bonchev–Trinajstić information content (AvgIpc) is 2.95. The molecular formula is C23H25NO3S. The Hall–Kier alpha value is -2.14. The second-order valence-electron chi connectivity index (χ2n) is 8.67. The van der Waals surface area contributed by atoms with E-state index in [2.05, 4.69) is 31.2 Å². The summed E-state index contributed by atoms with van der Waals surface area (Å²) in [6, 6.07) is 14.0. The average molecular weight is 396 g/mol. The molecule has 1 saturated carbocycles. The summed E-state index contributed by atoms with van der Waals surface area (Å²) in [7, 11) is -3.23. The number of hydrogen-bond donors (Lipinski definition) is 0. The molecule has 2 aromatic rings. The fourth-order valence-electron chi connectivity index (χ4n) is 5.74. The molecular weight excluding hydrogens is 370 g/mol. The maximum absolute atomic E-state index is 13.4. The molecule has 3 aliphatic rings. The fraction of sp³-hybridized carbons (Fsp3) is 0.435. The van der Waals surface area contributed by atoms with Gasteiger partial charge in [0.2, 0.25) is 5.91 Å². The molecule has 146 valence electrons. The highest BCUT2D eigenvalue weighted by Gasteiger charge is 2.55. The lowest BCUT2D eigenvalue weighted by Crippen LogP contribution is -2.40. The van der Waals surface area contributed by atoms with Crippen molar-refractivity contribution in [3.8, 4) is 0 Å². The lowest BCUT2D eigenvalue weighted by molar-refractivity contribution is -0.121. The Morgan fingerprint density at radius 1 is 1.00 bits per heavy atom. The Labute approximate surface area is 166 Å². The SMILES string of the molecule is Cc1ccc(N2C(=O)C3Cc4ccc(S(C)(=O)=O)cc4C4CCCC2C34)cc1. The maximum Gasteiger partial charge on any atom is 0.231 e. The van der Waals surface area contributed by atoms with Crippen LogP contribution in [0.25, 0.3) is 0 Å². The molecule has 5 heteroatoms. The molecule has 1 heterocycles. The maximum atomic E-state index is 13.4. The number of carbonyl (C=O) groups excluding carboxylic acids is 1. The summed E-state index contributed by atoms with van der Waals surface area (Å²) in [5.41, 5.74) is 4.50. The van der Waals surface area contributed by atoms with Crippen LogP contribution in [0, 0.1) is 18.8 Å². The minimum atomic E-state index is -3.23. The van der Waals surface area contributed by atoms with Gasteiger partial charge < -0.3 is 4.90 Å². The molecule has 0 bridgehead atoms. The van der Waals surface area contributed by atoms with Crippen LogP contribution < -0.4 is 4.90 Å². The molecule has 5 rings (SSSR count). The quantitative estimate of drug-likeness (QED) is 0.776. The number of fused-ring (bicyclic) bond motifs is 2. The molecule has 4 unspecified atom stereocenters. The largest absolute Gasteiger partial charge is 0.309 e. The van der Waals surface area contributed by atoms with E-state index in [1.54, 1.807) is 6.07 Å². The Morgan fingerprint density at radius 3 is 2.46 bits per heavy atom. The van der Waals surface area contributed by atoms with E-state index in [-0.39, 0.29) is 29.7 Å². The van der Waals surface area contributed by atoms with Crippen molar-refractivity contribution in [2.24, 2.45) is 11.8 Å². The van der Waals surface area contributed by atoms with E-state index in [0.717, 1.165) is 42.5 Å². The minimum absolute atomic E-state index is 0.00758. The molecule has 28 heavy (non-hydrogen) atoms. The van der Waals surface area contributed by atoms with Crippen molar-refractivity contribution in [1.29, 1.82) is 0 Å². The molecule has 1 amide bonds. The Morgan fingerprint density at radius 2 is 1.75 bits per heavy atom. The first-order valence-electron chi connectivity index (χ1n) is 10.1. The van der Waals surface area contributed by atoms with E-state index in [1.165, 1.54) is 11.8 Å². The van der Waals surface area contributed by atoms with Gasteiger partial charge in [0.25, 0.3) is 0 Å². The van der Waals surface area contributed by atoms with Crippen molar-refractivity contribution in [1.82, 2.24) is 0 Å². The van der Waals surface area contributed by atoms with Crippen LogP contribution >= 0.6 is 0 Å². The van der Waals surface area contributed by atoms with Crippen molar-refractivity contribution >= 4 is 21.4 Å². The second kappa shape index (κ2) is 6.18. The summed E-state index contributed by atoms with van der Waals surface area (Å²) in [6.07, 6.45) is 5.11. The van der Waals surface area contributed by atoms with Gasteiger partial charge in [-0.1, -0.05) is 30.2 Å². The van der Waals surface area contributed by atoms with E-state index < -0.39 is 9.84 Å². The van der Waals surface area contributed by atoms with Crippen LogP contribution in [0.3, 0.4) is 0 Å². The number of amides is 1. The number of anilines is 1. The topological polar surface area (TPSA) is 54.5 Å².